The second-order valence-electron chi connectivity index (χ2n) is 4.24. The molecule has 1 heterocycles. The highest BCUT2D eigenvalue weighted by molar-refractivity contribution is 7.95. The average Bonchev–Trinajstić information content (AvgIpc) is 3.03. The van der Waals surface area contributed by atoms with Gasteiger partial charge in [0.05, 0.1) is 11.5 Å². The number of benzene rings is 1. The highest BCUT2D eigenvalue weighted by Gasteiger charge is 2.21. The van der Waals surface area contributed by atoms with Gasteiger partial charge in [-0.1, -0.05) is 6.07 Å². The molecule has 0 radical (unpaired) electrons. The number of nitriles is 1. The molecule has 1 aromatic heterocycles. The highest BCUT2D eigenvalue weighted by atomic mass is 32.2. The Labute approximate surface area is 132 Å². The Morgan fingerprint density at radius 2 is 2.23 bits per heavy atom. The number of aromatic hydroxyl groups is 1. The molecule has 22 heavy (non-hydrogen) atoms. The first-order valence-corrected chi connectivity index (χ1v) is 8.76. The van der Waals surface area contributed by atoms with E-state index in [4.69, 9.17) is 4.74 Å². The van der Waals surface area contributed by atoms with Crippen LogP contribution in [0, 0.1) is 11.3 Å². The number of allylic oxidation sites excluding steroid dienone is 1. The number of thiophene rings is 1. The molecule has 0 saturated carbocycles. The van der Waals surface area contributed by atoms with Gasteiger partial charge in [0.25, 0.3) is 0 Å². The highest BCUT2D eigenvalue weighted by Crippen LogP contribution is 2.29. The molecule has 0 fully saturated rings. The van der Waals surface area contributed by atoms with Crippen molar-refractivity contribution in [3.05, 3.63) is 45.5 Å². The molecule has 7 heteroatoms. The van der Waals surface area contributed by atoms with Crippen LogP contribution in [0.2, 0.25) is 0 Å². The van der Waals surface area contributed by atoms with Gasteiger partial charge in [-0.3, -0.25) is 0 Å². The fourth-order valence-electron chi connectivity index (χ4n) is 1.74. The minimum atomic E-state index is -3.83. The summed E-state index contributed by atoms with van der Waals surface area (Å²) in [7, 11) is -3.83. The predicted molar refractivity (Wildman–Crippen MR) is 84.4 cm³/mol. The SMILES string of the molecule is CCOc1cc(/C=C(\C#N)S(=O)(=O)c2ccsc2)ccc1O. The molecule has 0 bridgehead atoms. The van der Waals surface area contributed by atoms with Gasteiger partial charge in [0.1, 0.15) is 11.0 Å². The van der Waals surface area contributed by atoms with E-state index in [0.29, 0.717) is 12.2 Å². The molecule has 1 aromatic carbocycles. The van der Waals surface area contributed by atoms with Gasteiger partial charge < -0.3 is 9.84 Å². The maximum Gasteiger partial charge on any atom is 0.217 e. The van der Waals surface area contributed by atoms with Crippen molar-refractivity contribution in [3.8, 4) is 17.6 Å². The van der Waals surface area contributed by atoms with Crippen LogP contribution in [0.1, 0.15) is 12.5 Å². The van der Waals surface area contributed by atoms with Crippen molar-refractivity contribution in [2.75, 3.05) is 6.61 Å². The monoisotopic (exact) mass is 335 g/mol. The lowest BCUT2D eigenvalue weighted by Gasteiger charge is -2.07. The Bertz CT molecular complexity index is 831. The van der Waals surface area contributed by atoms with E-state index in [0.717, 1.165) is 0 Å². The number of hydrogen-bond donors (Lipinski definition) is 1. The van der Waals surface area contributed by atoms with E-state index in [9.17, 15) is 18.8 Å². The van der Waals surface area contributed by atoms with Gasteiger partial charge in [-0.05, 0) is 42.1 Å². The largest absolute Gasteiger partial charge is 0.504 e. The smallest absolute Gasteiger partial charge is 0.217 e. The Morgan fingerprint density at radius 3 is 2.82 bits per heavy atom. The molecule has 0 unspecified atom stereocenters. The summed E-state index contributed by atoms with van der Waals surface area (Å²) in [5, 5.41) is 21.9. The first-order chi connectivity index (χ1) is 10.5. The van der Waals surface area contributed by atoms with Crippen molar-refractivity contribution in [2.45, 2.75) is 11.8 Å². The van der Waals surface area contributed by atoms with Crippen LogP contribution in [-0.2, 0) is 9.84 Å². The quantitative estimate of drug-likeness (QED) is 0.848. The number of hydrogen-bond acceptors (Lipinski definition) is 6. The second kappa shape index (κ2) is 6.64. The molecule has 0 atom stereocenters. The molecule has 0 aliphatic carbocycles. The third-order valence-electron chi connectivity index (χ3n) is 2.79. The Balaban J connectivity index is 2.46. The zero-order chi connectivity index (χ0) is 16.2. The van der Waals surface area contributed by atoms with Crippen LogP contribution in [0.4, 0.5) is 0 Å². The Hall–Kier alpha value is -2.30. The van der Waals surface area contributed by atoms with E-state index in [2.05, 4.69) is 0 Å². The van der Waals surface area contributed by atoms with Gasteiger partial charge in [-0.2, -0.15) is 16.6 Å². The third kappa shape index (κ3) is 3.30. The van der Waals surface area contributed by atoms with Crippen LogP contribution in [-0.4, -0.2) is 20.1 Å². The van der Waals surface area contributed by atoms with Crippen LogP contribution >= 0.6 is 11.3 Å². The maximum absolute atomic E-state index is 12.3. The topological polar surface area (TPSA) is 87.4 Å². The summed E-state index contributed by atoms with van der Waals surface area (Å²) >= 11 is 1.24. The molecule has 0 saturated heterocycles. The van der Waals surface area contributed by atoms with Crippen molar-refractivity contribution in [2.24, 2.45) is 0 Å². The lowest BCUT2D eigenvalue weighted by atomic mass is 10.2. The number of phenolic OH excluding ortho intramolecular Hbond substituents is 1. The van der Waals surface area contributed by atoms with Gasteiger partial charge in [0.2, 0.25) is 9.84 Å². The lowest BCUT2D eigenvalue weighted by molar-refractivity contribution is 0.318. The summed E-state index contributed by atoms with van der Waals surface area (Å²) in [5.41, 5.74) is 0.455. The van der Waals surface area contributed by atoms with Gasteiger partial charge in [-0.25, -0.2) is 8.42 Å². The fraction of sp³-hybridized carbons (Fsp3) is 0.133. The van der Waals surface area contributed by atoms with Crippen LogP contribution in [0.5, 0.6) is 11.5 Å². The van der Waals surface area contributed by atoms with E-state index in [1.165, 1.54) is 47.1 Å². The lowest BCUT2D eigenvalue weighted by Crippen LogP contribution is -2.02. The molecular formula is C15H13NO4S2. The summed E-state index contributed by atoms with van der Waals surface area (Å²) in [5.74, 6) is 0.194. The summed E-state index contributed by atoms with van der Waals surface area (Å²) in [4.78, 5) is -0.270. The zero-order valence-corrected chi connectivity index (χ0v) is 13.3. The minimum absolute atomic E-state index is 0.0433. The van der Waals surface area contributed by atoms with Crippen molar-refractivity contribution < 1.29 is 18.3 Å². The summed E-state index contributed by atoms with van der Waals surface area (Å²) in [6, 6.07) is 7.56. The van der Waals surface area contributed by atoms with E-state index in [-0.39, 0.29) is 21.3 Å². The molecule has 0 spiro atoms. The fourth-order valence-corrected chi connectivity index (χ4v) is 3.93. The molecular weight excluding hydrogens is 322 g/mol. The summed E-state index contributed by atoms with van der Waals surface area (Å²) in [6.45, 7) is 2.13. The molecule has 114 valence electrons. The van der Waals surface area contributed by atoms with Crippen LogP contribution in [0.3, 0.4) is 0 Å². The predicted octanol–water partition coefficient (Wildman–Crippen LogP) is 3.19. The number of nitrogens with zero attached hydrogens (tertiary/aromatic N) is 1. The molecule has 2 aromatic rings. The number of ether oxygens (including phenoxy) is 1. The van der Waals surface area contributed by atoms with Gasteiger partial charge in [0.15, 0.2) is 11.5 Å². The summed E-state index contributed by atoms with van der Waals surface area (Å²) in [6.07, 6.45) is 1.26. The van der Waals surface area contributed by atoms with E-state index >= 15 is 0 Å². The second-order valence-corrected chi connectivity index (χ2v) is 6.94. The van der Waals surface area contributed by atoms with Crippen molar-refractivity contribution in [1.29, 1.82) is 5.26 Å². The normalized spacial score (nSPS) is 11.9. The molecule has 5 nitrogen and oxygen atoms in total. The van der Waals surface area contributed by atoms with E-state index in [1.54, 1.807) is 18.4 Å². The zero-order valence-electron chi connectivity index (χ0n) is 11.7. The van der Waals surface area contributed by atoms with Crippen LogP contribution in [0.25, 0.3) is 6.08 Å². The molecule has 0 aliphatic rings. The number of phenols is 1. The Kier molecular flexibility index (Phi) is 4.85. The standard InChI is InChI=1S/C15H13NO4S2/c1-2-20-15-8-11(3-4-14(15)17)7-13(9-16)22(18,19)12-5-6-21-10-12/h3-8,10,17H,2H2,1H3/b13-7+. The maximum atomic E-state index is 12.3. The van der Waals surface area contributed by atoms with E-state index < -0.39 is 9.84 Å². The summed E-state index contributed by atoms with van der Waals surface area (Å²) < 4.78 is 29.9. The van der Waals surface area contributed by atoms with Crippen molar-refractivity contribution >= 4 is 27.3 Å². The first kappa shape index (κ1) is 16.1. The van der Waals surface area contributed by atoms with Crippen LogP contribution in [0.15, 0.2) is 44.8 Å². The van der Waals surface area contributed by atoms with Crippen molar-refractivity contribution in [3.63, 3.8) is 0 Å². The average molecular weight is 335 g/mol. The van der Waals surface area contributed by atoms with E-state index in [1.807, 2.05) is 0 Å². The first-order valence-electron chi connectivity index (χ1n) is 6.34. The molecule has 2 rings (SSSR count). The molecule has 1 N–H and O–H groups in total. The van der Waals surface area contributed by atoms with Gasteiger partial charge in [0, 0.05) is 5.38 Å². The third-order valence-corrected chi connectivity index (χ3v) is 5.28. The molecule has 0 amide bonds. The Morgan fingerprint density at radius 1 is 1.45 bits per heavy atom. The van der Waals surface area contributed by atoms with Crippen LogP contribution < -0.4 is 4.74 Å². The minimum Gasteiger partial charge on any atom is -0.504 e. The van der Waals surface area contributed by atoms with Gasteiger partial charge in [-0.15, -0.1) is 0 Å². The number of sulfone groups is 1. The number of rotatable bonds is 5. The van der Waals surface area contributed by atoms with Gasteiger partial charge >= 0.3 is 0 Å². The molecule has 0 aliphatic heterocycles. The van der Waals surface area contributed by atoms with Crippen molar-refractivity contribution in [1.82, 2.24) is 0 Å².